The zero-order chi connectivity index (χ0) is 15.5. The van der Waals surface area contributed by atoms with Crippen molar-refractivity contribution < 1.29 is 19.4 Å². The molecule has 120 valence electrons. The number of hydrogen-bond acceptors (Lipinski definition) is 3. The van der Waals surface area contributed by atoms with Crippen molar-refractivity contribution in [2.45, 2.75) is 76.9 Å². The topological polar surface area (TPSA) is 75.6 Å². The number of rotatable bonds is 5. The van der Waals surface area contributed by atoms with Crippen molar-refractivity contribution in [3.63, 3.8) is 0 Å². The second kappa shape index (κ2) is 6.34. The van der Waals surface area contributed by atoms with Crippen LogP contribution in [0.2, 0.25) is 0 Å². The van der Waals surface area contributed by atoms with Crippen molar-refractivity contribution in [2.24, 2.45) is 5.41 Å². The van der Waals surface area contributed by atoms with Gasteiger partial charge in [0, 0.05) is 13.0 Å². The second-order valence-electron chi connectivity index (χ2n) is 7.04. The molecule has 0 aromatic heterocycles. The van der Waals surface area contributed by atoms with Gasteiger partial charge in [0.15, 0.2) is 0 Å². The molecule has 0 radical (unpaired) electrons. The summed E-state index contributed by atoms with van der Waals surface area (Å²) in [5.41, 5.74) is -0.677. The van der Waals surface area contributed by atoms with E-state index in [1.165, 1.54) is 0 Å². The third kappa shape index (κ3) is 3.96. The molecular weight excluding hydrogens is 270 g/mol. The molecule has 5 heteroatoms. The van der Waals surface area contributed by atoms with E-state index in [1.807, 2.05) is 13.8 Å². The standard InChI is InChI=1S/C16H27NO4/c1-12-15(2,8-9-21-12)17-13(18)10-16(11-14(19)20)6-4-3-5-7-16/h12H,3-11H2,1-2H3,(H,17,18)(H,19,20). The highest BCUT2D eigenvalue weighted by Gasteiger charge is 2.41. The summed E-state index contributed by atoms with van der Waals surface area (Å²) in [6, 6.07) is 0. The van der Waals surface area contributed by atoms with Crippen LogP contribution in [0.3, 0.4) is 0 Å². The first kappa shape index (κ1) is 16.3. The molecule has 21 heavy (non-hydrogen) atoms. The quantitative estimate of drug-likeness (QED) is 0.817. The molecule has 0 bridgehead atoms. The molecule has 1 saturated heterocycles. The molecule has 5 nitrogen and oxygen atoms in total. The fraction of sp³-hybridized carbons (Fsp3) is 0.875. The smallest absolute Gasteiger partial charge is 0.303 e. The molecule has 2 atom stereocenters. The largest absolute Gasteiger partial charge is 0.481 e. The maximum Gasteiger partial charge on any atom is 0.303 e. The van der Waals surface area contributed by atoms with E-state index in [1.54, 1.807) is 0 Å². The summed E-state index contributed by atoms with van der Waals surface area (Å²) in [7, 11) is 0. The van der Waals surface area contributed by atoms with E-state index in [-0.39, 0.29) is 29.4 Å². The van der Waals surface area contributed by atoms with Crippen molar-refractivity contribution in [2.75, 3.05) is 6.61 Å². The lowest BCUT2D eigenvalue weighted by atomic mass is 9.69. The van der Waals surface area contributed by atoms with E-state index in [9.17, 15) is 9.59 Å². The Bertz CT molecular complexity index is 403. The van der Waals surface area contributed by atoms with E-state index < -0.39 is 5.97 Å². The van der Waals surface area contributed by atoms with E-state index in [4.69, 9.17) is 9.84 Å². The molecule has 1 aliphatic heterocycles. The van der Waals surface area contributed by atoms with Gasteiger partial charge in [-0.15, -0.1) is 0 Å². The zero-order valence-corrected chi connectivity index (χ0v) is 13.1. The van der Waals surface area contributed by atoms with E-state index >= 15 is 0 Å². The minimum Gasteiger partial charge on any atom is -0.481 e. The van der Waals surface area contributed by atoms with Crippen LogP contribution in [0, 0.1) is 5.41 Å². The third-order valence-corrected chi connectivity index (χ3v) is 5.29. The molecule has 2 N–H and O–H groups in total. The number of ether oxygens (including phenoxy) is 1. The third-order valence-electron chi connectivity index (χ3n) is 5.29. The minimum absolute atomic E-state index is 0.00299. The molecular formula is C16H27NO4. The van der Waals surface area contributed by atoms with Crippen LogP contribution in [0.25, 0.3) is 0 Å². The Labute approximate surface area is 126 Å². The molecule has 2 aliphatic rings. The van der Waals surface area contributed by atoms with E-state index in [2.05, 4.69) is 5.32 Å². The Morgan fingerprint density at radius 3 is 2.38 bits per heavy atom. The molecule has 0 aromatic carbocycles. The fourth-order valence-electron chi connectivity index (χ4n) is 3.74. The summed E-state index contributed by atoms with van der Waals surface area (Å²) in [5, 5.41) is 12.3. The number of carbonyl (C=O) groups excluding carboxylic acids is 1. The first-order chi connectivity index (χ1) is 9.85. The molecule has 2 rings (SSSR count). The summed E-state index contributed by atoms with van der Waals surface area (Å²) >= 11 is 0. The SMILES string of the molecule is CC1OCCC1(C)NC(=O)CC1(CC(=O)O)CCCCC1. The molecule has 2 unspecified atom stereocenters. The lowest BCUT2D eigenvalue weighted by molar-refractivity contribution is -0.141. The molecule has 1 aliphatic carbocycles. The number of aliphatic carboxylic acids is 1. The summed E-state index contributed by atoms with van der Waals surface area (Å²) in [5.74, 6) is -0.827. The van der Waals surface area contributed by atoms with Gasteiger partial charge in [-0.3, -0.25) is 9.59 Å². The van der Waals surface area contributed by atoms with Crippen molar-refractivity contribution in [1.29, 1.82) is 0 Å². The van der Waals surface area contributed by atoms with Gasteiger partial charge in [0.05, 0.1) is 18.1 Å². The highest BCUT2D eigenvalue weighted by molar-refractivity contribution is 5.79. The van der Waals surface area contributed by atoms with Crippen LogP contribution in [0.4, 0.5) is 0 Å². The summed E-state index contributed by atoms with van der Waals surface area (Å²) in [6.45, 7) is 4.65. The highest BCUT2D eigenvalue weighted by Crippen LogP contribution is 2.42. The Hall–Kier alpha value is -1.10. The first-order valence-electron chi connectivity index (χ1n) is 8.00. The Morgan fingerprint density at radius 2 is 1.86 bits per heavy atom. The van der Waals surface area contributed by atoms with Crippen molar-refractivity contribution in [3.05, 3.63) is 0 Å². The van der Waals surface area contributed by atoms with Gasteiger partial charge >= 0.3 is 5.97 Å². The maximum atomic E-state index is 12.4. The molecule has 0 aromatic rings. The monoisotopic (exact) mass is 297 g/mol. The van der Waals surface area contributed by atoms with E-state index in [0.29, 0.717) is 13.0 Å². The second-order valence-corrected chi connectivity index (χ2v) is 7.04. The predicted molar refractivity (Wildman–Crippen MR) is 79.0 cm³/mol. The van der Waals surface area contributed by atoms with Crippen LogP contribution in [-0.2, 0) is 14.3 Å². The number of carboxylic acid groups (broad SMARTS) is 1. The summed E-state index contributed by atoms with van der Waals surface area (Å²) < 4.78 is 5.54. The number of nitrogens with one attached hydrogen (secondary N) is 1. The van der Waals surface area contributed by atoms with Gasteiger partial charge in [0.1, 0.15) is 0 Å². The van der Waals surface area contributed by atoms with Crippen LogP contribution in [-0.4, -0.2) is 35.2 Å². The van der Waals surface area contributed by atoms with Gasteiger partial charge in [-0.1, -0.05) is 19.3 Å². The average molecular weight is 297 g/mol. The summed E-state index contributed by atoms with van der Waals surface area (Å²) in [6.07, 6.45) is 6.12. The van der Waals surface area contributed by atoms with Crippen LogP contribution in [0.1, 0.15) is 65.2 Å². The molecule has 1 heterocycles. The van der Waals surface area contributed by atoms with Gasteiger partial charge in [-0.25, -0.2) is 0 Å². The highest BCUT2D eigenvalue weighted by atomic mass is 16.5. The van der Waals surface area contributed by atoms with Crippen LogP contribution >= 0.6 is 0 Å². The van der Waals surface area contributed by atoms with Gasteiger partial charge in [-0.2, -0.15) is 0 Å². The number of amides is 1. The normalized spacial score (nSPS) is 31.8. The van der Waals surface area contributed by atoms with Gasteiger partial charge in [-0.05, 0) is 38.5 Å². The fourth-order valence-corrected chi connectivity index (χ4v) is 3.74. The van der Waals surface area contributed by atoms with Gasteiger partial charge < -0.3 is 15.2 Å². The summed E-state index contributed by atoms with van der Waals surface area (Å²) in [4.78, 5) is 23.6. The minimum atomic E-state index is -0.798. The number of carbonyl (C=O) groups is 2. The van der Waals surface area contributed by atoms with Gasteiger partial charge in [0.2, 0.25) is 5.91 Å². The van der Waals surface area contributed by atoms with Gasteiger partial charge in [0.25, 0.3) is 0 Å². The Balaban J connectivity index is 1.99. The Morgan fingerprint density at radius 1 is 1.19 bits per heavy atom. The number of carboxylic acids is 1. The van der Waals surface area contributed by atoms with Crippen LogP contribution in [0.15, 0.2) is 0 Å². The van der Waals surface area contributed by atoms with Crippen molar-refractivity contribution in [3.8, 4) is 0 Å². The molecule has 0 spiro atoms. The zero-order valence-electron chi connectivity index (χ0n) is 13.1. The van der Waals surface area contributed by atoms with Crippen molar-refractivity contribution in [1.82, 2.24) is 5.32 Å². The first-order valence-corrected chi connectivity index (χ1v) is 8.00. The molecule has 1 amide bonds. The lowest BCUT2D eigenvalue weighted by Gasteiger charge is -2.37. The Kier molecular flexibility index (Phi) is 4.91. The van der Waals surface area contributed by atoms with Crippen LogP contribution in [0.5, 0.6) is 0 Å². The predicted octanol–water partition coefficient (Wildman–Crippen LogP) is 2.49. The molecule has 1 saturated carbocycles. The van der Waals surface area contributed by atoms with E-state index in [0.717, 1.165) is 38.5 Å². The molecule has 2 fully saturated rings. The van der Waals surface area contributed by atoms with Crippen LogP contribution < -0.4 is 5.32 Å². The maximum absolute atomic E-state index is 12.4. The van der Waals surface area contributed by atoms with Crippen molar-refractivity contribution >= 4 is 11.9 Å². The average Bonchev–Trinajstić information content (AvgIpc) is 2.68. The number of hydrogen-bond donors (Lipinski definition) is 2. The lowest BCUT2D eigenvalue weighted by Crippen LogP contribution is -2.51.